The first kappa shape index (κ1) is 23.1. The van der Waals surface area contributed by atoms with Gasteiger partial charge in [-0.2, -0.15) is 0 Å². The molecule has 5 nitrogen and oxygen atoms in total. The number of nitrogens with two attached hydrogens (primary N) is 1. The number of halogens is 2. The molecule has 0 saturated carbocycles. The number of hydrogen-bond donors (Lipinski definition) is 1. The Morgan fingerprint density at radius 1 is 1.21 bits per heavy atom. The summed E-state index contributed by atoms with van der Waals surface area (Å²) in [7, 11) is 0. The van der Waals surface area contributed by atoms with Crippen molar-refractivity contribution in [2.45, 2.75) is 19.4 Å². The number of morpholine rings is 1. The van der Waals surface area contributed by atoms with E-state index in [1.54, 1.807) is 0 Å². The van der Waals surface area contributed by atoms with Gasteiger partial charge >= 0.3 is 0 Å². The van der Waals surface area contributed by atoms with E-state index in [4.69, 9.17) is 10.5 Å². The molecule has 2 N–H and O–H groups in total. The Morgan fingerprint density at radius 3 is 2.42 bits per heavy atom. The fourth-order valence-electron chi connectivity index (χ4n) is 2.78. The molecule has 0 bridgehead atoms. The number of amides is 1. The second-order valence-electron chi connectivity index (χ2n) is 5.67. The number of carbonyl (C=O) groups excluding carboxylic acids is 1. The molecule has 1 amide bonds. The van der Waals surface area contributed by atoms with E-state index < -0.39 is 0 Å². The highest BCUT2D eigenvalue weighted by Gasteiger charge is 2.26. The number of nitrogens with zero attached hydrogens (tertiary/aromatic N) is 2. The molecule has 1 aliphatic rings. The maximum absolute atomic E-state index is 12.7. The molecule has 7 heteroatoms. The van der Waals surface area contributed by atoms with Crippen molar-refractivity contribution < 1.29 is 9.53 Å². The van der Waals surface area contributed by atoms with E-state index in [9.17, 15) is 4.79 Å². The lowest BCUT2D eigenvalue weighted by Crippen LogP contribution is -2.52. The van der Waals surface area contributed by atoms with Gasteiger partial charge in [-0.05, 0) is 18.9 Å². The van der Waals surface area contributed by atoms with Crippen LogP contribution in [0.1, 0.15) is 12.5 Å². The quantitative estimate of drug-likeness (QED) is 0.783. The molecule has 0 aromatic heterocycles. The first-order valence-electron chi connectivity index (χ1n) is 8.07. The van der Waals surface area contributed by atoms with Crippen LogP contribution in [0, 0.1) is 0 Å². The van der Waals surface area contributed by atoms with E-state index in [0.29, 0.717) is 32.8 Å². The smallest absolute Gasteiger partial charge is 0.239 e. The normalized spacial score (nSPS) is 15.8. The van der Waals surface area contributed by atoms with Crippen LogP contribution in [0.4, 0.5) is 0 Å². The molecule has 0 spiro atoms. The maximum atomic E-state index is 12.7. The molecule has 0 aliphatic carbocycles. The molecule has 1 fully saturated rings. The Balaban J connectivity index is 0.00000264. The molecule has 138 valence electrons. The van der Waals surface area contributed by atoms with Crippen LogP contribution < -0.4 is 5.73 Å². The Morgan fingerprint density at radius 2 is 1.83 bits per heavy atom. The van der Waals surface area contributed by atoms with Crippen LogP contribution in [0.3, 0.4) is 0 Å². The van der Waals surface area contributed by atoms with Gasteiger partial charge in [0.2, 0.25) is 5.91 Å². The third-order valence-corrected chi connectivity index (χ3v) is 4.17. The molecule has 1 aromatic rings. The van der Waals surface area contributed by atoms with Crippen molar-refractivity contribution in [2.75, 3.05) is 45.9 Å². The minimum absolute atomic E-state index is 0. The molecule has 24 heavy (non-hydrogen) atoms. The summed E-state index contributed by atoms with van der Waals surface area (Å²) >= 11 is 0. The van der Waals surface area contributed by atoms with E-state index in [1.807, 2.05) is 30.0 Å². The summed E-state index contributed by atoms with van der Waals surface area (Å²) in [5.74, 6) is 0.170. The van der Waals surface area contributed by atoms with Crippen molar-refractivity contribution in [1.82, 2.24) is 9.80 Å². The monoisotopic (exact) mass is 377 g/mol. The molecule has 1 aliphatic heterocycles. The number of carbonyl (C=O) groups is 1. The van der Waals surface area contributed by atoms with Crippen molar-refractivity contribution >= 4 is 30.7 Å². The molecular weight excluding hydrogens is 349 g/mol. The van der Waals surface area contributed by atoms with E-state index in [-0.39, 0.29) is 36.8 Å². The molecule has 1 atom stereocenters. The molecule has 1 unspecified atom stereocenters. The van der Waals surface area contributed by atoms with Crippen LogP contribution in [0.2, 0.25) is 0 Å². The minimum atomic E-state index is -0.105. The lowest BCUT2D eigenvalue weighted by Gasteiger charge is -2.34. The Bertz CT molecular complexity index is 456. The molecule has 1 aromatic carbocycles. The van der Waals surface area contributed by atoms with Gasteiger partial charge in [0.15, 0.2) is 0 Å². The highest BCUT2D eigenvalue weighted by atomic mass is 35.5. The number of rotatable bonds is 7. The topological polar surface area (TPSA) is 58.8 Å². The zero-order valence-electron chi connectivity index (χ0n) is 14.2. The zero-order chi connectivity index (χ0) is 15.8. The predicted octanol–water partition coefficient (Wildman–Crippen LogP) is 1.58. The van der Waals surface area contributed by atoms with Gasteiger partial charge in [-0.1, -0.05) is 30.3 Å². The van der Waals surface area contributed by atoms with E-state index >= 15 is 0 Å². The number of benzene rings is 1. The standard InChI is InChI=1S/C17H27N3O2.2ClH/c1-15(19-11-13-22-14-12-19)17(21)20(10-8-18)9-7-16-5-3-2-4-6-16;;/h2-6,15H,7-14,18H2,1H3;2*1H. The van der Waals surface area contributed by atoms with Gasteiger partial charge in [-0.15, -0.1) is 24.8 Å². The molecule has 2 rings (SSSR count). The minimum Gasteiger partial charge on any atom is -0.379 e. The third kappa shape index (κ3) is 6.95. The lowest BCUT2D eigenvalue weighted by atomic mass is 10.1. The van der Waals surface area contributed by atoms with E-state index in [0.717, 1.165) is 19.5 Å². The predicted molar refractivity (Wildman–Crippen MR) is 102 cm³/mol. The highest BCUT2D eigenvalue weighted by molar-refractivity contribution is 5.85. The molecule has 1 saturated heterocycles. The summed E-state index contributed by atoms with van der Waals surface area (Å²) in [6.45, 7) is 6.87. The SMILES string of the molecule is CC(C(=O)N(CCN)CCc1ccccc1)N1CCOCC1.Cl.Cl. The van der Waals surface area contributed by atoms with Gasteiger partial charge in [-0.25, -0.2) is 0 Å². The van der Waals surface area contributed by atoms with Crippen molar-refractivity contribution in [2.24, 2.45) is 5.73 Å². The van der Waals surface area contributed by atoms with Crippen LogP contribution in [0.5, 0.6) is 0 Å². The second-order valence-corrected chi connectivity index (χ2v) is 5.67. The zero-order valence-corrected chi connectivity index (χ0v) is 15.9. The van der Waals surface area contributed by atoms with Crippen LogP contribution in [-0.4, -0.2) is 67.7 Å². The largest absolute Gasteiger partial charge is 0.379 e. The van der Waals surface area contributed by atoms with Crippen molar-refractivity contribution in [1.29, 1.82) is 0 Å². The van der Waals surface area contributed by atoms with E-state index in [1.165, 1.54) is 5.56 Å². The summed E-state index contributed by atoms with van der Waals surface area (Å²) in [4.78, 5) is 16.8. The van der Waals surface area contributed by atoms with Crippen molar-refractivity contribution in [3.8, 4) is 0 Å². The summed E-state index contributed by atoms with van der Waals surface area (Å²) in [5, 5.41) is 0. The van der Waals surface area contributed by atoms with Crippen molar-refractivity contribution in [3.05, 3.63) is 35.9 Å². The molecular formula is C17H29Cl2N3O2. The highest BCUT2D eigenvalue weighted by Crippen LogP contribution is 2.09. The Hall–Kier alpha value is -0.850. The van der Waals surface area contributed by atoms with Gasteiger partial charge in [-0.3, -0.25) is 9.69 Å². The first-order valence-corrected chi connectivity index (χ1v) is 8.07. The average Bonchev–Trinajstić information content (AvgIpc) is 2.59. The first-order chi connectivity index (χ1) is 10.7. The third-order valence-electron chi connectivity index (χ3n) is 4.17. The van der Waals surface area contributed by atoms with E-state index in [2.05, 4.69) is 17.0 Å². The van der Waals surface area contributed by atoms with Crippen LogP contribution in [0.15, 0.2) is 30.3 Å². The molecule has 1 heterocycles. The average molecular weight is 378 g/mol. The van der Waals surface area contributed by atoms with Gasteiger partial charge in [0, 0.05) is 32.7 Å². The fraction of sp³-hybridized carbons (Fsp3) is 0.588. The van der Waals surface area contributed by atoms with Gasteiger partial charge in [0.25, 0.3) is 0 Å². The summed E-state index contributed by atoms with van der Waals surface area (Å²) in [6, 6.07) is 10.1. The summed E-state index contributed by atoms with van der Waals surface area (Å²) in [6.07, 6.45) is 0.864. The Kier molecular flexibility index (Phi) is 12.1. The van der Waals surface area contributed by atoms with Crippen LogP contribution >= 0.6 is 24.8 Å². The Labute approximate surface area is 157 Å². The van der Waals surface area contributed by atoms with Crippen molar-refractivity contribution in [3.63, 3.8) is 0 Å². The van der Waals surface area contributed by atoms with Crippen LogP contribution in [0.25, 0.3) is 0 Å². The van der Waals surface area contributed by atoms with Crippen LogP contribution in [-0.2, 0) is 16.0 Å². The summed E-state index contributed by atoms with van der Waals surface area (Å²) in [5.41, 5.74) is 6.93. The maximum Gasteiger partial charge on any atom is 0.239 e. The molecule has 0 radical (unpaired) electrons. The van der Waals surface area contributed by atoms with Gasteiger partial charge in [0.1, 0.15) is 0 Å². The van der Waals surface area contributed by atoms with Gasteiger partial charge in [0.05, 0.1) is 19.3 Å². The lowest BCUT2D eigenvalue weighted by molar-refractivity contribution is -0.137. The van der Waals surface area contributed by atoms with Gasteiger partial charge < -0.3 is 15.4 Å². The second kappa shape index (κ2) is 12.5. The number of hydrogen-bond acceptors (Lipinski definition) is 4. The number of ether oxygens (including phenoxy) is 1. The fourth-order valence-corrected chi connectivity index (χ4v) is 2.78. The summed E-state index contributed by atoms with van der Waals surface area (Å²) < 4.78 is 5.36.